The minimum Gasteiger partial charge on any atom is -0.497 e. The summed E-state index contributed by atoms with van der Waals surface area (Å²) in [6.45, 7) is 2.18. The molecule has 1 saturated heterocycles. The number of amides is 1. The van der Waals surface area contributed by atoms with E-state index in [0.29, 0.717) is 26.2 Å². The highest BCUT2D eigenvalue weighted by molar-refractivity contribution is 7.89. The molecular weight excluding hydrogens is 402 g/mol. The fourth-order valence-corrected chi connectivity index (χ4v) is 4.58. The van der Waals surface area contributed by atoms with Crippen molar-refractivity contribution >= 4 is 27.7 Å². The molecule has 0 aliphatic carbocycles. The number of ether oxygens (including phenoxy) is 1. The molecule has 0 spiro atoms. The summed E-state index contributed by atoms with van der Waals surface area (Å²) in [5.74, 6) is 0.375. The van der Waals surface area contributed by atoms with Crippen LogP contribution in [0.3, 0.4) is 0 Å². The van der Waals surface area contributed by atoms with Gasteiger partial charge in [0, 0.05) is 44.5 Å². The lowest BCUT2D eigenvalue weighted by Gasteiger charge is -2.35. The number of carbonyl (C=O) groups is 1. The van der Waals surface area contributed by atoms with Gasteiger partial charge in [0.15, 0.2) is 0 Å². The van der Waals surface area contributed by atoms with E-state index in [9.17, 15) is 13.2 Å². The molecule has 1 heterocycles. The Morgan fingerprint density at radius 1 is 1.03 bits per heavy atom. The Labute approximate surface area is 178 Å². The van der Waals surface area contributed by atoms with Crippen LogP contribution in [0, 0.1) is 0 Å². The van der Waals surface area contributed by atoms with E-state index in [-0.39, 0.29) is 18.2 Å². The predicted octanol–water partition coefficient (Wildman–Crippen LogP) is 1.98. The highest BCUT2D eigenvalue weighted by Crippen LogP contribution is 2.21. The fraction of sp³-hybridized carbons (Fsp3) is 0.318. The molecule has 30 heavy (non-hydrogen) atoms. The molecular formula is C22H27N3O4S. The smallest absolute Gasteiger partial charge is 0.244 e. The van der Waals surface area contributed by atoms with E-state index >= 15 is 0 Å². The average Bonchev–Trinajstić information content (AvgIpc) is 2.78. The summed E-state index contributed by atoms with van der Waals surface area (Å²) >= 11 is 0. The van der Waals surface area contributed by atoms with Gasteiger partial charge >= 0.3 is 0 Å². The lowest BCUT2D eigenvalue weighted by Crippen LogP contribution is -2.50. The third kappa shape index (κ3) is 6.08. The Kier molecular flexibility index (Phi) is 7.48. The van der Waals surface area contributed by atoms with Crippen LogP contribution < -0.4 is 15.0 Å². The average molecular weight is 430 g/mol. The number of sulfonamides is 1. The van der Waals surface area contributed by atoms with Crippen LogP contribution in [0.1, 0.15) is 5.56 Å². The van der Waals surface area contributed by atoms with Crippen molar-refractivity contribution in [2.24, 2.45) is 0 Å². The zero-order chi connectivity index (χ0) is 21.4. The van der Waals surface area contributed by atoms with Crippen LogP contribution in [0.5, 0.6) is 5.75 Å². The quantitative estimate of drug-likeness (QED) is 0.649. The second-order valence-electron chi connectivity index (χ2n) is 6.94. The number of methoxy groups -OCH3 is 1. The molecule has 1 aliphatic heterocycles. The first-order chi connectivity index (χ1) is 14.5. The molecule has 1 fully saturated rings. The minimum absolute atomic E-state index is 0.0823. The first-order valence-electron chi connectivity index (χ1n) is 9.86. The summed E-state index contributed by atoms with van der Waals surface area (Å²) in [4.78, 5) is 14.1. The number of rotatable bonds is 8. The van der Waals surface area contributed by atoms with Crippen molar-refractivity contribution in [3.63, 3.8) is 0 Å². The van der Waals surface area contributed by atoms with Crippen LogP contribution in [-0.2, 0) is 14.8 Å². The predicted molar refractivity (Wildman–Crippen MR) is 119 cm³/mol. The molecule has 0 atom stereocenters. The largest absolute Gasteiger partial charge is 0.497 e. The Morgan fingerprint density at radius 3 is 2.33 bits per heavy atom. The van der Waals surface area contributed by atoms with Crippen molar-refractivity contribution in [3.8, 4) is 5.75 Å². The Hall–Kier alpha value is -2.84. The van der Waals surface area contributed by atoms with E-state index < -0.39 is 10.0 Å². The van der Waals surface area contributed by atoms with Gasteiger partial charge in [0.1, 0.15) is 5.75 Å². The Morgan fingerprint density at radius 2 is 1.70 bits per heavy atom. The molecule has 1 aliphatic rings. The first-order valence-corrected chi connectivity index (χ1v) is 11.5. The second kappa shape index (κ2) is 10.3. The number of benzene rings is 2. The Bertz CT molecular complexity index is 952. The van der Waals surface area contributed by atoms with Crippen LogP contribution in [-0.4, -0.2) is 64.2 Å². The van der Waals surface area contributed by atoms with Gasteiger partial charge < -0.3 is 15.0 Å². The van der Waals surface area contributed by atoms with Gasteiger partial charge in [0.05, 0.1) is 12.9 Å². The molecule has 0 unspecified atom stereocenters. The molecule has 7 nitrogen and oxygen atoms in total. The van der Waals surface area contributed by atoms with E-state index in [2.05, 4.69) is 10.2 Å². The lowest BCUT2D eigenvalue weighted by molar-refractivity contribution is -0.116. The van der Waals surface area contributed by atoms with E-state index in [4.69, 9.17) is 4.74 Å². The van der Waals surface area contributed by atoms with Crippen molar-refractivity contribution in [1.29, 1.82) is 0 Å². The van der Waals surface area contributed by atoms with Crippen molar-refractivity contribution in [2.45, 2.75) is 0 Å². The van der Waals surface area contributed by atoms with Crippen LogP contribution in [0.4, 0.5) is 5.69 Å². The summed E-state index contributed by atoms with van der Waals surface area (Å²) < 4.78 is 31.9. The van der Waals surface area contributed by atoms with Gasteiger partial charge in [-0.1, -0.05) is 30.3 Å². The SMILES string of the molecule is COc1ccc(N2CCN(S(=O)(=O)CCNC(=O)C=Cc3ccccc3)CC2)cc1. The van der Waals surface area contributed by atoms with Gasteiger partial charge in [-0.3, -0.25) is 4.79 Å². The van der Waals surface area contributed by atoms with Crippen molar-refractivity contribution in [3.05, 3.63) is 66.2 Å². The monoisotopic (exact) mass is 429 g/mol. The number of piperazine rings is 1. The van der Waals surface area contributed by atoms with Crippen molar-refractivity contribution in [1.82, 2.24) is 9.62 Å². The Balaban J connectivity index is 1.43. The normalized spacial score (nSPS) is 15.3. The van der Waals surface area contributed by atoms with Crippen molar-refractivity contribution < 1.29 is 17.9 Å². The zero-order valence-electron chi connectivity index (χ0n) is 17.0. The number of carbonyl (C=O) groups excluding carboxylic acids is 1. The van der Waals surface area contributed by atoms with Gasteiger partial charge in [-0.05, 0) is 35.9 Å². The standard InChI is InChI=1S/C22H27N3O4S/c1-29-21-10-8-20(9-11-21)24-14-16-25(17-15-24)30(27,28)18-13-23-22(26)12-7-19-5-3-2-4-6-19/h2-12H,13-18H2,1H3,(H,23,26). The molecule has 0 radical (unpaired) electrons. The van der Waals surface area contributed by atoms with Gasteiger partial charge in [-0.25, -0.2) is 8.42 Å². The minimum atomic E-state index is -3.41. The molecule has 3 rings (SSSR count). The number of nitrogens with one attached hydrogen (secondary N) is 1. The van der Waals surface area contributed by atoms with Crippen LogP contribution in [0.2, 0.25) is 0 Å². The van der Waals surface area contributed by atoms with E-state index in [1.807, 2.05) is 54.6 Å². The van der Waals surface area contributed by atoms with Gasteiger partial charge in [-0.15, -0.1) is 0 Å². The molecule has 1 amide bonds. The molecule has 0 aromatic heterocycles. The number of nitrogens with zero attached hydrogens (tertiary/aromatic N) is 2. The fourth-order valence-electron chi connectivity index (χ4n) is 3.24. The summed E-state index contributed by atoms with van der Waals surface area (Å²) in [7, 11) is -1.79. The van der Waals surface area contributed by atoms with Crippen LogP contribution in [0.25, 0.3) is 6.08 Å². The maximum atomic E-state index is 12.6. The molecule has 2 aromatic rings. The second-order valence-corrected chi connectivity index (χ2v) is 9.02. The summed E-state index contributed by atoms with van der Waals surface area (Å²) in [5, 5.41) is 2.64. The van der Waals surface area contributed by atoms with Crippen LogP contribution >= 0.6 is 0 Å². The summed E-state index contributed by atoms with van der Waals surface area (Å²) in [6, 6.07) is 17.2. The van der Waals surface area contributed by atoms with Gasteiger partial charge in [0.25, 0.3) is 0 Å². The number of anilines is 1. The number of hydrogen-bond donors (Lipinski definition) is 1. The lowest BCUT2D eigenvalue weighted by atomic mass is 10.2. The van der Waals surface area contributed by atoms with E-state index in [1.165, 1.54) is 10.4 Å². The van der Waals surface area contributed by atoms with E-state index in [0.717, 1.165) is 17.0 Å². The molecule has 2 aromatic carbocycles. The maximum Gasteiger partial charge on any atom is 0.244 e. The molecule has 160 valence electrons. The summed E-state index contributed by atoms with van der Waals surface area (Å²) in [6.07, 6.45) is 3.11. The maximum absolute atomic E-state index is 12.6. The molecule has 8 heteroatoms. The van der Waals surface area contributed by atoms with E-state index in [1.54, 1.807) is 13.2 Å². The topological polar surface area (TPSA) is 79.0 Å². The third-order valence-electron chi connectivity index (χ3n) is 4.96. The number of hydrogen-bond acceptors (Lipinski definition) is 5. The van der Waals surface area contributed by atoms with Crippen LogP contribution in [0.15, 0.2) is 60.7 Å². The zero-order valence-corrected chi connectivity index (χ0v) is 17.8. The first kappa shape index (κ1) is 21.9. The van der Waals surface area contributed by atoms with Gasteiger partial charge in [0.2, 0.25) is 15.9 Å². The highest BCUT2D eigenvalue weighted by atomic mass is 32.2. The van der Waals surface area contributed by atoms with Gasteiger partial charge in [-0.2, -0.15) is 4.31 Å². The molecule has 0 bridgehead atoms. The molecule has 0 saturated carbocycles. The third-order valence-corrected chi connectivity index (χ3v) is 6.83. The highest BCUT2D eigenvalue weighted by Gasteiger charge is 2.26. The molecule has 1 N–H and O–H groups in total. The summed E-state index contributed by atoms with van der Waals surface area (Å²) in [5.41, 5.74) is 1.96. The van der Waals surface area contributed by atoms with Crippen molar-refractivity contribution in [2.75, 3.05) is 50.5 Å².